The molecule has 0 N–H and O–H groups in total. The van der Waals surface area contributed by atoms with Crippen LogP contribution in [-0.4, -0.2) is 24.9 Å². The van der Waals surface area contributed by atoms with E-state index in [0.717, 1.165) is 17.8 Å². The summed E-state index contributed by atoms with van der Waals surface area (Å²) in [5.74, 6) is 0.276. The average Bonchev–Trinajstić information content (AvgIpc) is 2.74. The van der Waals surface area contributed by atoms with Crippen LogP contribution in [0, 0.1) is 0 Å². The Labute approximate surface area is 158 Å². The summed E-state index contributed by atoms with van der Waals surface area (Å²) in [4.78, 5) is 20.5. The second kappa shape index (κ2) is 7.15. The first-order chi connectivity index (χ1) is 13.5. The van der Waals surface area contributed by atoms with Gasteiger partial charge in [0.2, 0.25) is 0 Å². The Hall–Kier alpha value is -3.68. The van der Waals surface area contributed by atoms with Crippen LogP contribution < -0.4 is 0 Å². The van der Waals surface area contributed by atoms with E-state index < -0.39 is 11.9 Å². The Bertz CT molecular complexity index is 1080. The van der Waals surface area contributed by atoms with Crippen LogP contribution in [0.2, 0.25) is 0 Å². The Morgan fingerprint density at radius 3 is 2.21 bits per heavy atom. The van der Waals surface area contributed by atoms with E-state index in [1.165, 1.54) is 12.4 Å². The maximum Gasteiger partial charge on any atom is 0.433 e. The van der Waals surface area contributed by atoms with E-state index in [-0.39, 0.29) is 5.82 Å². The first kappa shape index (κ1) is 17.7. The third kappa shape index (κ3) is 3.57. The fourth-order valence-electron chi connectivity index (χ4n) is 2.67. The third-order valence-electron chi connectivity index (χ3n) is 4.01. The highest BCUT2D eigenvalue weighted by Gasteiger charge is 2.32. The smallest absolute Gasteiger partial charge is 0.251 e. The standard InChI is InChI=1S/C20H12F3N5/c21-20(22,23)17-7-6-14(10-25-17)19-26-11-15(16-8-9-24-12-27-16)18(28-19)13-4-2-1-3-5-13/h1-12H. The molecule has 0 saturated carbocycles. The molecule has 0 aliphatic carbocycles. The quantitative estimate of drug-likeness (QED) is 0.517. The minimum Gasteiger partial charge on any atom is -0.251 e. The van der Waals surface area contributed by atoms with E-state index in [9.17, 15) is 13.2 Å². The van der Waals surface area contributed by atoms with Gasteiger partial charge in [0, 0.05) is 35.3 Å². The predicted octanol–water partition coefficient (Wildman–Crippen LogP) is 4.68. The molecule has 4 aromatic rings. The fraction of sp³-hybridized carbons (Fsp3) is 0.0500. The van der Waals surface area contributed by atoms with Crippen LogP contribution in [0.4, 0.5) is 13.2 Å². The average molecular weight is 379 g/mol. The van der Waals surface area contributed by atoms with Gasteiger partial charge in [0.1, 0.15) is 12.0 Å². The van der Waals surface area contributed by atoms with Gasteiger partial charge in [-0.25, -0.2) is 19.9 Å². The highest BCUT2D eigenvalue weighted by atomic mass is 19.4. The van der Waals surface area contributed by atoms with Gasteiger partial charge in [-0.15, -0.1) is 0 Å². The van der Waals surface area contributed by atoms with E-state index in [1.807, 2.05) is 30.3 Å². The van der Waals surface area contributed by atoms with Gasteiger partial charge >= 0.3 is 6.18 Å². The van der Waals surface area contributed by atoms with Crippen molar-refractivity contribution in [3.8, 4) is 33.9 Å². The minimum atomic E-state index is -4.49. The lowest BCUT2D eigenvalue weighted by Gasteiger charge is -2.11. The van der Waals surface area contributed by atoms with E-state index in [0.29, 0.717) is 22.5 Å². The van der Waals surface area contributed by atoms with E-state index >= 15 is 0 Å². The van der Waals surface area contributed by atoms with Crippen LogP contribution in [-0.2, 0) is 6.18 Å². The summed E-state index contributed by atoms with van der Waals surface area (Å²) >= 11 is 0. The van der Waals surface area contributed by atoms with Crippen LogP contribution in [0.25, 0.3) is 33.9 Å². The summed E-state index contributed by atoms with van der Waals surface area (Å²) in [5, 5.41) is 0. The molecule has 0 radical (unpaired) electrons. The highest BCUT2D eigenvalue weighted by Crippen LogP contribution is 2.31. The number of nitrogens with zero attached hydrogens (tertiary/aromatic N) is 5. The lowest BCUT2D eigenvalue weighted by atomic mass is 10.0. The molecule has 3 aromatic heterocycles. The molecule has 0 atom stereocenters. The number of aromatic nitrogens is 5. The van der Waals surface area contributed by atoms with E-state index in [1.54, 1.807) is 18.5 Å². The molecule has 4 rings (SSSR count). The van der Waals surface area contributed by atoms with Crippen molar-refractivity contribution in [3.05, 3.63) is 79.1 Å². The van der Waals surface area contributed by atoms with Gasteiger partial charge < -0.3 is 0 Å². The monoisotopic (exact) mass is 379 g/mol. The van der Waals surface area contributed by atoms with E-state index in [2.05, 4.69) is 24.9 Å². The number of pyridine rings is 1. The molecule has 0 bridgehead atoms. The lowest BCUT2D eigenvalue weighted by molar-refractivity contribution is -0.141. The van der Waals surface area contributed by atoms with Crippen molar-refractivity contribution < 1.29 is 13.2 Å². The first-order valence-corrected chi connectivity index (χ1v) is 8.25. The van der Waals surface area contributed by atoms with Crippen molar-refractivity contribution in [2.45, 2.75) is 6.18 Å². The van der Waals surface area contributed by atoms with Gasteiger partial charge in [-0.05, 0) is 18.2 Å². The molecule has 138 valence electrons. The zero-order valence-electron chi connectivity index (χ0n) is 14.3. The summed E-state index contributed by atoms with van der Waals surface area (Å²) in [5.41, 5.74) is 2.21. The van der Waals surface area contributed by atoms with Crippen LogP contribution >= 0.6 is 0 Å². The van der Waals surface area contributed by atoms with Gasteiger partial charge in [0.15, 0.2) is 5.82 Å². The third-order valence-corrected chi connectivity index (χ3v) is 4.01. The number of hydrogen-bond acceptors (Lipinski definition) is 5. The fourth-order valence-corrected chi connectivity index (χ4v) is 2.67. The molecule has 5 nitrogen and oxygen atoms in total. The molecule has 0 aliphatic rings. The zero-order valence-corrected chi connectivity index (χ0v) is 14.3. The molecule has 3 heterocycles. The van der Waals surface area contributed by atoms with Crippen LogP contribution in [0.15, 0.2) is 73.4 Å². The Morgan fingerprint density at radius 2 is 1.57 bits per heavy atom. The number of halogens is 3. The Morgan fingerprint density at radius 1 is 0.750 bits per heavy atom. The molecule has 8 heteroatoms. The molecule has 0 amide bonds. The highest BCUT2D eigenvalue weighted by molar-refractivity contribution is 5.79. The van der Waals surface area contributed by atoms with Crippen molar-refractivity contribution >= 4 is 0 Å². The van der Waals surface area contributed by atoms with Gasteiger partial charge in [0.05, 0.1) is 11.4 Å². The van der Waals surface area contributed by atoms with Crippen molar-refractivity contribution in [2.75, 3.05) is 0 Å². The van der Waals surface area contributed by atoms with E-state index in [4.69, 9.17) is 0 Å². The first-order valence-electron chi connectivity index (χ1n) is 8.25. The zero-order chi connectivity index (χ0) is 19.6. The van der Waals surface area contributed by atoms with Gasteiger partial charge in [0.25, 0.3) is 0 Å². The SMILES string of the molecule is FC(F)(F)c1ccc(-c2ncc(-c3ccncn3)c(-c3ccccc3)n2)cn1. The van der Waals surface area contributed by atoms with Crippen LogP contribution in [0.3, 0.4) is 0 Å². The molecule has 0 fully saturated rings. The van der Waals surface area contributed by atoms with Crippen molar-refractivity contribution in [3.63, 3.8) is 0 Å². The second-order valence-electron chi connectivity index (χ2n) is 5.85. The van der Waals surface area contributed by atoms with Crippen molar-refractivity contribution in [1.82, 2.24) is 24.9 Å². The maximum atomic E-state index is 12.7. The normalized spacial score (nSPS) is 11.4. The maximum absolute atomic E-state index is 12.7. The molecule has 0 saturated heterocycles. The molecule has 1 aromatic carbocycles. The van der Waals surface area contributed by atoms with Crippen molar-refractivity contribution in [2.24, 2.45) is 0 Å². The van der Waals surface area contributed by atoms with Crippen molar-refractivity contribution in [1.29, 1.82) is 0 Å². The summed E-state index contributed by atoms with van der Waals surface area (Å²) in [6.45, 7) is 0. The molecule has 28 heavy (non-hydrogen) atoms. The Balaban J connectivity index is 1.83. The minimum absolute atomic E-state index is 0.276. The molecular weight excluding hydrogens is 367 g/mol. The Kier molecular flexibility index (Phi) is 4.52. The van der Waals surface area contributed by atoms with Crippen LogP contribution in [0.5, 0.6) is 0 Å². The molecule has 0 aliphatic heterocycles. The summed E-state index contributed by atoms with van der Waals surface area (Å²) in [6.07, 6.45) is 1.27. The molecule has 0 spiro atoms. The van der Waals surface area contributed by atoms with Gasteiger partial charge in [-0.3, -0.25) is 4.98 Å². The number of benzene rings is 1. The summed E-state index contributed by atoms with van der Waals surface area (Å²) in [6, 6.07) is 13.4. The summed E-state index contributed by atoms with van der Waals surface area (Å²) < 4.78 is 38.2. The largest absolute Gasteiger partial charge is 0.433 e. The second-order valence-corrected chi connectivity index (χ2v) is 5.85. The lowest BCUT2D eigenvalue weighted by Crippen LogP contribution is -2.07. The van der Waals surface area contributed by atoms with Gasteiger partial charge in [-0.1, -0.05) is 30.3 Å². The topological polar surface area (TPSA) is 64.5 Å². The number of alkyl halides is 3. The summed E-state index contributed by atoms with van der Waals surface area (Å²) in [7, 11) is 0. The number of hydrogen-bond donors (Lipinski definition) is 0. The van der Waals surface area contributed by atoms with Crippen LogP contribution in [0.1, 0.15) is 5.69 Å². The molecular formula is C20H12F3N5. The molecule has 0 unspecified atom stereocenters. The van der Waals surface area contributed by atoms with Gasteiger partial charge in [-0.2, -0.15) is 13.2 Å². The predicted molar refractivity (Wildman–Crippen MR) is 96.7 cm³/mol. The number of rotatable bonds is 3.